The van der Waals surface area contributed by atoms with E-state index in [1.165, 1.54) is 0 Å². The van der Waals surface area contributed by atoms with E-state index in [4.69, 9.17) is 4.74 Å². The van der Waals surface area contributed by atoms with Crippen LogP contribution in [-0.2, 0) is 9.59 Å². The molecule has 1 aromatic carbocycles. The Labute approximate surface area is 121 Å². The molecule has 3 N–H and O–H groups in total. The number of benzene rings is 1. The van der Waals surface area contributed by atoms with Crippen LogP contribution in [0.3, 0.4) is 0 Å². The normalized spacial score (nSPS) is 23.6. The van der Waals surface area contributed by atoms with Gasteiger partial charge in [0.15, 0.2) is 0 Å². The molecule has 110 valence electrons. The van der Waals surface area contributed by atoms with E-state index < -0.39 is 18.0 Å². The number of hydrogen-bond acceptors (Lipinski definition) is 4. The van der Waals surface area contributed by atoms with Gasteiger partial charge in [-0.3, -0.25) is 14.9 Å². The molecule has 1 aromatic rings. The molecule has 0 radical (unpaired) electrons. The van der Waals surface area contributed by atoms with Crippen LogP contribution in [0, 0.1) is 0 Å². The van der Waals surface area contributed by atoms with Crippen molar-refractivity contribution in [1.29, 1.82) is 0 Å². The maximum atomic E-state index is 12.0. The van der Waals surface area contributed by atoms with Crippen LogP contribution < -0.4 is 20.7 Å². The summed E-state index contributed by atoms with van der Waals surface area (Å²) in [6.07, 6.45) is 0.600. The lowest BCUT2D eigenvalue weighted by Gasteiger charge is -2.26. The van der Waals surface area contributed by atoms with Crippen molar-refractivity contribution in [3.05, 3.63) is 29.8 Å². The quantitative estimate of drug-likeness (QED) is 0.694. The Morgan fingerprint density at radius 1 is 1.33 bits per heavy atom. The van der Waals surface area contributed by atoms with Crippen LogP contribution in [0.5, 0.6) is 5.75 Å². The average molecular weight is 289 g/mol. The number of fused-ring (bicyclic) bond motifs is 1. The van der Waals surface area contributed by atoms with Gasteiger partial charge in [0.05, 0.1) is 19.1 Å². The van der Waals surface area contributed by atoms with Gasteiger partial charge in [0, 0.05) is 12.0 Å². The van der Waals surface area contributed by atoms with Gasteiger partial charge >= 0.3 is 6.03 Å². The second-order valence-corrected chi connectivity index (χ2v) is 5.01. The average Bonchev–Trinajstić information content (AvgIpc) is 2.77. The molecule has 7 heteroatoms. The molecule has 0 aliphatic carbocycles. The molecular formula is C14H15N3O4. The first-order valence-electron chi connectivity index (χ1n) is 6.76. The first-order chi connectivity index (χ1) is 10.1. The SMILES string of the molecule is O=C(C[C@H]1NC(=O)NC1=O)N[C@H]1CCOc2ccccc21. The van der Waals surface area contributed by atoms with Gasteiger partial charge in [-0.05, 0) is 6.07 Å². The van der Waals surface area contributed by atoms with Crippen molar-refractivity contribution in [3.8, 4) is 5.75 Å². The number of urea groups is 1. The topological polar surface area (TPSA) is 96.5 Å². The Bertz CT molecular complexity index is 602. The molecular weight excluding hydrogens is 274 g/mol. The number of hydrogen-bond donors (Lipinski definition) is 3. The van der Waals surface area contributed by atoms with E-state index in [1.807, 2.05) is 24.3 Å². The number of ether oxygens (including phenoxy) is 1. The highest BCUT2D eigenvalue weighted by Crippen LogP contribution is 2.31. The molecule has 4 amide bonds. The van der Waals surface area contributed by atoms with Crippen molar-refractivity contribution in [1.82, 2.24) is 16.0 Å². The zero-order chi connectivity index (χ0) is 14.8. The third-order valence-corrected chi connectivity index (χ3v) is 3.54. The van der Waals surface area contributed by atoms with E-state index in [0.29, 0.717) is 13.0 Å². The standard InChI is InChI=1S/C14H15N3O4/c18-12(7-10-13(19)17-14(20)16-10)15-9-5-6-21-11-4-2-1-3-8(9)11/h1-4,9-10H,5-7H2,(H,15,18)(H2,16,17,19,20)/t9-,10+/m0/s1. The van der Waals surface area contributed by atoms with Crippen molar-refractivity contribution in [2.75, 3.05) is 6.61 Å². The number of carbonyl (C=O) groups is 3. The minimum atomic E-state index is -0.799. The van der Waals surface area contributed by atoms with E-state index in [1.54, 1.807) is 0 Å². The predicted octanol–water partition coefficient (Wildman–Crippen LogP) is 0.225. The highest BCUT2D eigenvalue weighted by atomic mass is 16.5. The minimum Gasteiger partial charge on any atom is -0.493 e. The highest BCUT2D eigenvalue weighted by Gasteiger charge is 2.32. The fourth-order valence-electron chi connectivity index (χ4n) is 2.53. The van der Waals surface area contributed by atoms with Crippen molar-refractivity contribution in [2.24, 2.45) is 0 Å². The fraction of sp³-hybridized carbons (Fsp3) is 0.357. The van der Waals surface area contributed by atoms with E-state index in [-0.39, 0.29) is 18.4 Å². The first kappa shape index (κ1) is 13.4. The van der Waals surface area contributed by atoms with E-state index >= 15 is 0 Å². The van der Waals surface area contributed by atoms with Crippen molar-refractivity contribution >= 4 is 17.8 Å². The van der Waals surface area contributed by atoms with Gasteiger partial charge in [-0.15, -0.1) is 0 Å². The fourth-order valence-corrected chi connectivity index (χ4v) is 2.53. The zero-order valence-corrected chi connectivity index (χ0v) is 11.2. The van der Waals surface area contributed by atoms with Crippen LogP contribution in [-0.4, -0.2) is 30.5 Å². The summed E-state index contributed by atoms with van der Waals surface area (Å²) < 4.78 is 5.53. The Kier molecular flexibility index (Phi) is 3.47. The largest absolute Gasteiger partial charge is 0.493 e. The summed E-state index contributed by atoms with van der Waals surface area (Å²) >= 11 is 0. The maximum absolute atomic E-state index is 12.0. The van der Waals surface area contributed by atoms with Gasteiger partial charge < -0.3 is 15.4 Å². The zero-order valence-electron chi connectivity index (χ0n) is 11.2. The Hall–Kier alpha value is -2.57. The first-order valence-corrected chi connectivity index (χ1v) is 6.76. The summed E-state index contributed by atoms with van der Waals surface area (Å²) in [5, 5.41) is 7.40. The van der Waals surface area contributed by atoms with Gasteiger partial charge in [0.25, 0.3) is 5.91 Å². The monoisotopic (exact) mass is 289 g/mol. The Morgan fingerprint density at radius 2 is 2.14 bits per heavy atom. The molecule has 0 spiro atoms. The number of nitrogens with one attached hydrogen (secondary N) is 3. The lowest BCUT2D eigenvalue weighted by atomic mass is 10.00. The molecule has 2 heterocycles. The van der Waals surface area contributed by atoms with E-state index in [2.05, 4.69) is 16.0 Å². The van der Waals surface area contributed by atoms with Gasteiger partial charge in [-0.2, -0.15) is 0 Å². The molecule has 0 aromatic heterocycles. The number of rotatable bonds is 3. The smallest absolute Gasteiger partial charge is 0.322 e. The second kappa shape index (κ2) is 5.43. The van der Waals surface area contributed by atoms with Crippen LogP contribution >= 0.6 is 0 Å². The summed E-state index contributed by atoms with van der Waals surface area (Å²) in [6, 6.07) is 6.03. The Morgan fingerprint density at radius 3 is 2.90 bits per heavy atom. The highest BCUT2D eigenvalue weighted by molar-refractivity contribution is 6.05. The molecule has 7 nitrogen and oxygen atoms in total. The van der Waals surface area contributed by atoms with E-state index in [0.717, 1.165) is 11.3 Å². The number of amides is 4. The second-order valence-electron chi connectivity index (χ2n) is 5.01. The van der Waals surface area contributed by atoms with Crippen molar-refractivity contribution < 1.29 is 19.1 Å². The van der Waals surface area contributed by atoms with Crippen LogP contribution in [0.1, 0.15) is 24.4 Å². The molecule has 0 unspecified atom stereocenters. The molecule has 1 saturated heterocycles. The summed E-state index contributed by atoms with van der Waals surface area (Å²) in [6.45, 7) is 0.530. The van der Waals surface area contributed by atoms with Crippen molar-refractivity contribution in [3.63, 3.8) is 0 Å². The van der Waals surface area contributed by atoms with Crippen LogP contribution in [0.25, 0.3) is 0 Å². The lowest BCUT2D eigenvalue weighted by molar-refractivity contribution is -0.127. The summed E-state index contributed by atoms with van der Waals surface area (Å²) in [7, 11) is 0. The summed E-state index contributed by atoms with van der Waals surface area (Å²) in [5.74, 6) is 0.0162. The molecule has 0 bridgehead atoms. The third kappa shape index (κ3) is 2.81. The molecule has 2 aliphatic heterocycles. The van der Waals surface area contributed by atoms with Gasteiger partial charge in [-0.25, -0.2) is 4.79 Å². The minimum absolute atomic E-state index is 0.0723. The third-order valence-electron chi connectivity index (χ3n) is 3.54. The maximum Gasteiger partial charge on any atom is 0.322 e. The van der Waals surface area contributed by atoms with Crippen molar-refractivity contribution in [2.45, 2.75) is 24.9 Å². The number of carbonyl (C=O) groups excluding carboxylic acids is 3. The molecule has 21 heavy (non-hydrogen) atoms. The summed E-state index contributed by atoms with van der Waals surface area (Å²) in [4.78, 5) is 34.5. The molecule has 1 fully saturated rings. The van der Waals surface area contributed by atoms with Crippen LogP contribution in [0.15, 0.2) is 24.3 Å². The van der Waals surface area contributed by atoms with Gasteiger partial charge in [0.1, 0.15) is 11.8 Å². The number of para-hydroxylation sites is 1. The molecule has 2 aliphatic rings. The van der Waals surface area contributed by atoms with E-state index in [9.17, 15) is 14.4 Å². The van der Waals surface area contributed by atoms with Crippen LogP contribution in [0.2, 0.25) is 0 Å². The van der Waals surface area contributed by atoms with Gasteiger partial charge in [-0.1, -0.05) is 18.2 Å². The predicted molar refractivity (Wildman–Crippen MR) is 72.5 cm³/mol. The lowest BCUT2D eigenvalue weighted by Crippen LogP contribution is -2.38. The number of imide groups is 1. The Balaban J connectivity index is 1.63. The summed E-state index contributed by atoms with van der Waals surface area (Å²) in [5.41, 5.74) is 0.928. The van der Waals surface area contributed by atoms with Gasteiger partial charge in [0.2, 0.25) is 5.91 Å². The molecule has 2 atom stereocenters. The molecule has 0 saturated carbocycles. The van der Waals surface area contributed by atoms with Crippen LogP contribution in [0.4, 0.5) is 4.79 Å². The molecule has 3 rings (SSSR count).